The topological polar surface area (TPSA) is 72.9 Å². The highest BCUT2D eigenvalue weighted by Crippen LogP contribution is 2.26. The lowest BCUT2D eigenvalue weighted by atomic mass is 10.1. The fourth-order valence-corrected chi connectivity index (χ4v) is 2.97. The number of amides is 1. The molecule has 0 N–H and O–H groups in total. The molecular formula is C21H21NO5. The number of hydrogen-bond donors (Lipinski definition) is 0. The zero-order valence-electron chi connectivity index (χ0n) is 15.3. The van der Waals surface area contributed by atoms with Crippen molar-refractivity contribution < 1.29 is 23.9 Å². The fourth-order valence-electron chi connectivity index (χ4n) is 2.97. The van der Waals surface area contributed by atoms with Crippen LogP contribution in [0.5, 0.6) is 0 Å². The molecule has 1 fully saturated rings. The number of carbonyl (C=O) groups is 3. The van der Waals surface area contributed by atoms with Crippen LogP contribution in [0.25, 0.3) is 0 Å². The monoisotopic (exact) mass is 367 g/mol. The van der Waals surface area contributed by atoms with Gasteiger partial charge in [-0.05, 0) is 36.8 Å². The number of anilines is 1. The van der Waals surface area contributed by atoms with Crippen molar-refractivity contribution in [1.29, 1.82) is 0 Å². The maximum absolute atomic E-state index is 12.3. The van der Waals surface area contributed by atoms with Crippen LogP contribution in [-0.2, 0) is 25.7 Å². The van der Waals surface area contributed by atoms with E-state index < -0.39 is 17.9 Å². The van der Waals surface area contributed by atoms with Gasteiger partial charge in [-0.3, -0.25) is 9.59 Å². The summed E-state index contributed by atoms with van der Waals surface area (Å²) in [5.41, 5.74) is 3.09. The summed E-state index contributed by atoms with van der Waals surface area (Å²) in [6.07, 6.45) is 0.147. The van der Waals surface area contributed by atoms with Crippen molar-refractivity contribution in [2.75, 3.05) is 18.6 Å². The van der Waals surface area contributed by atoms with Crippen LogP contribution in [-0.4, -0.2) is 31.5 Å². The number of ether oxygens (including phenoxy) is 2. The third kappa shape index (κ3) is 4.34. The molecule has 0 spiro atoms. The minimum atomic E-state index is -0.479. The molecule has 1 aliphatic heterocycles. The van der Waals surface area contributed by atoms with Gasteiger partial charge in [-0.15, -0.1) is 0 Å². The predicted octanol–water partition coefficient (Wildman–Crippen LogP) is 2.88. The SMILES string of the molecule is COC(=O)c1ccc(COC(=O)C2CC(=O)N(c3ccc(C)cc3)C2)cc1. The molecule has 0 aromatic heterocycles. The van der Waals surface area contributed by atoms with E-state index in [1.54, 1.807) is 29.2 Å². The molecule has 1 atom stereocenters. The van der Waals surface area contributed by atoms with Crippen LogP contribution in [0.1, 0.15) is 27.9 Å². The van der Waals surface area contributed by atoms with Crippen LogP contribution in [0.4, 0.5) is 5.69 Å². The minimum absolute atomic E-state index is 0.0803. The average Bonchev–Trinajstić information content (AvgIpc) is 3.08. The van der Waals surface area contributed by atoms with E-state index >= 15 is 0 Å². The number of rotatable bonds is 5. The first-order chi connectivity index (χ1) is 13.0. The maximum Gasteiger partial charge on any atom is 0.337 e. The van der Waals surface area contributed by atoms with Crippen molar-refractivity contribution in [3.63, 3.8) is 0 Å². The first kappa shape index (κ1) is 18.6. The van der Waals surface area contributed by atoms with Crippen molar-refractivity contribution in [3.05, 3.63) is 65.2 Å². The Hall–Kier alpha value is -3.15. The summed E-state index contributed by atoms with van der Waals surface area (Å²) in [5, 5.41) is 0. The second-order valence-electron chi connectivity index (χ2n) is 6.54. The Labute approximate surface area is 157 Å². The first-order valence-electron chi connectivity index (χ1n) is 8.69. The quantitative estimate of drug-likeness (QED) is 0.760. The van der Waals surface area contributed by atoms with Gasteiger partial charge < -0.3 is 14.4 Å². The fraction of sp³-hybridized carbons (Fsp3) is 0.286. The van der Waals surface area contributed by atoms with Crippen LogP contribution in [0.2, 0.25) is 0 Å². The summed E-state index contributed by atoms with van der Waals surface area (Å²) in [7, 11) is 1.32. The van der Waals surface area contributed by atoms with Gasteiger partial charge in [0.25, 0.3) is 0 Å². The molecule has 0 radical (unpaired) electrons. The predicted molar refractivity (Wildman–Crippen MR) is 99.2 cm³/mol. The normalized spacial score (nSPS) is 16.3. The number of esters is 2. The zero-order valence-corrected chi connectivity index (χ0v) is 15.3. The Bertz CT molecular complexity index is 842. The summed E-state index contributed by atoms with van der Waals surface area (Å²) in [5.74, 6) is -1.37. The molecule has 2 aromatic carbocycles. The van der Waals surface area contributed by atoms with E-state index in [4.69, 9.17) is 4.74 Å². The average molecular weight is 367 g/mol. The molecule has 0 aliphatic carbocycles. The van der Waals surface area contributed by atoms with E-state index in [0.717, 1.165) is 16.8 Å². The van der Waals surface area contributed by atoms with Crippen LogP contribution in [0, 0.1) is 12.8 Å². The van der Waals surface area contributed by atoms with E-state index in [1.807, 2.05) is 31.2 Å². The molecule has 0 bridgehead atoms. The van der Waals surface area contributed by atoms with Crippen LogP contribution in [0.15, 0.2) is 48.5 Å². The Morgan fingerprint density at radius 1 is 1.07 bits per heavy atom. The summed E-state index contributed by atoms with van der Waals surface area (Å²) in [6.45, 7) is 2.39. The molecule has 1 heterocycles. The van der Waals surface area contributed by atoms with Crippen molar-refractivity contribution in [3.8, 4) is 0 Å². The molecular weight excluding hydrogens is 346 g/mol. The molecule has 2 aromatic rings. The summed E-state index contributed by atoms with van der Waals surface area (Å²) < 4.78 is 10.0. The van der Waals surface area contributed by atoms with Crippen molar-refractivity contribution in [2.24, 2.45) is 5.92 Å². The van der Waals surface area contributed by atoms with E-state index in [2.05, 4.69) is 4.74 Å². The Morgan fingerprint density at radius 3 is 2.37 bits per heavy atom. The van der Waals surface area contributed by atoms with Crippen molar-refractivity contribution >= 4 is 23.5 Å². The lowest BCUT2D eigenvalue weighted by Gasteiger charge is -2.16. The second-order valence-corrected chi connectivity index (χ2v) is 6.54. The lowest BCUT2D eigenvalue weighted by molar-refractivity contribution is -0.149. The molecule has 1 unspecified atom stereocenters. The largest absolute Gasteiger partial charge is 0.465 e. The van der Waals surface area contributed by atoms with Gasteiger partial charge in [-0.1, -0.05) is 29.8 Å². The molecule has 3 rings (SSSR count). The number of aryl methyl sites for hydroxylation is 1. The lowest BCUT2D eigenvalue weighted by Crippen LogP contribution is -2.26. The molecule has 27 heavy (non-hydrogen) atoms. The number of benzene rings is 2. The van der Waals surface area contributed by atoms with Gasteiger partial charge in [-0.2, -0.15) is 0 Å². The summed E-state index contributed by atoms with van der Waals surface area (Å²) >= 11 is 0. The van der Waals surface area contributed by atoms with Gasteiger partial charge in [0.15, 0.2) is 0 Å². The Balaban J connectivity index is 1.56. The van der Waals surface area contributed by atoms with Gasteiger partial charge in [0.05, 0.1) is 18.6 Å². The number of nitrogens with zero attached hydrogens (tertiary/aromatic N) is 1. The van der Waals surface area contributed by atoms with E-state index in [-0.39, 0.29) is 18.9 Å². The number of hydrogen-bond acceptors (Lipinski definition) is 5. The highest BCUT2D eigenvalue weighted by atomic mass is 16.5. The van der Waals surface area contributed by atoms with Crippen molar-refractivity contribution in [1.82, 2.24) is 0 Å². The van der Waals surface area contributed by atoms with Gasteiger partial charge >= 0.3 is 11.9 Å². The molecule has 0 saturated carbocycles. The third-order valence-electron chi connectivity index (χ3n) is 4.56. The van der Waals surface area contributed by atoms with E-state index in [9.17, 15) is 14.4 Å². The third-order valence-corrected chi connectivity index (χ3v) is 4.56. The van der Waals surface area contributed by atoms with Crippen LogP contribution >= 0.6 is 0 Å². The first-order valence-corrected chi connectivity index (χ1v) is 8.69. The molecule has 1 saturated heterocycles. The molecule has 1 aliphatic rings. The van der Waals surface area contributed by atoms with Gasteiger partial charge in [-0.25, -0.2) is 4.79 Å². The molecule has 1 amide bonds. The van der Waals surface area contributed by atoms with Gasteiger partial charge in [0.2, 0.25) is 5.91 Å². The highest BCUT2D eigenvalue weighted by Gasteiger charge is 2.36. The highest BCUT2D eigenvalue weighted by molar-refractivity contribution is 5.99. The Kier molecular flexibility index (Phi) is 5.54. The molecule has 6 nitrogen and oxygen atoms in total. The van der Waals surface area contributed by atoms with E-state index in [0.29, 0.717) is 12.1 Å². The van der Waals surface area contributed by atoms with E-state index in [1.165, 1.54) is 7.11 Å². The summed E-state index contributed by atoms with van der Waals surface area (Å²) in [6, 6.07) is 14.3. The number of methoxy groups -OCH3 is 1. The minimum Gasteiger partial charge on any atom is -0.465 e. The molecule has 6 heteroatoms. The maximum atomic E-state index is 12.3. The van der Waals surface area contributed by atoms with Gasteiger partial charge in [0, 0.05) is 18.7 Å². The Morgan fingerprint density at radius 2 is 1.74 bits per heavy atom. The standard InChI is InChI=1S/C21H21NO5/c1-14-3-9-18(10-4-14)22-12-17(11-19(22)23)21(25)27-13-15-5-7-16(8-6-15)20(24)26-2/h3-10,17H,11-13H2,1-2H3. The zero-order chi connectivity index (χ0) is 19.4. The second kappa shape index (κ2) is 8.03. The van der Waals surface area contributed by atoms with Gasteiger partial charge in [0.1, 0.15) is 6.61 Å². The van der Waals surface area contributed by atoms with Crippen LogP contribution < -0.4 is 4.90 Å². The molecule has 140 valence electrons. The summed E-state index contributed by atoms with van der Waals surface area (Å²) in [4.78, 5) is 37.6. The van der Waals surface area contributed by atoms with Crippen molar-refractivity contribution in [2.45, 2.75) is 20.0 Å². The smallest absolute Gasteiger partial charge is 0.337 e. The van der Waals surface area contributed by atoms with Crippen LogP contribution in [0.3, 0.4) is 0 Å². The number of carbonyl (C=O) groups excluding carboxylic acids is 3.